The zero-order chi connectivity index (χ0) is 18.6. The second-order valence-electron chi connectivity index (χ2n) is 6.36. The van der Waals surface area contributed by atoms with Crippen molar-refractivity contribution in [1.82, 2.24) is 19.6 Å². The maximum absolute atomic E-state index is 12.7. The van der Waals surface area contributed by atoms with Crippen LogP contribution in [0.25, 0.3) is 0 Å². The van der Waals surface area contributed by atoms with E-state index in [1.54, 1.807) is 17.4 Å². The lowest BCUT2D eigenvalue weighted by Crippen LogP contribution is -2.46. The van der Waals surface area contributed by atoms with E-state index in [0.29, 0.717) is 26.1 Å². The number of carbonyl (C=O) groups is 1. The zero-order valence-electron chi connectivity index (χ0n) is 14.6. The Bertz CT molecular complexity index is 851. The molecule has 1 aromatic carbocycles. The van der Waals surface area contributed by atoms with Crippen LogP contribution in [0.2, 0.25) is 0 Å². The van der Waals surface area contributed by atoms with Crippen LogP contribution in [0.15, 0.2) is 43.0 Å². The molecule has 2 aromatic rings. The van der Waals surface area contributed by atoms with Gasteiger partial charge in [-0.25, -0.2) is 22.9 Å². The van der Waals surface area contributed by atoms with Crippen molar-refractivity contribution in [3.63, 3.8) is 0 Å². The summed E-state index contributed by atoms with van der Waals surface area (Å²) in [7, 11) is -3.20. The molecule has 3 rings (SSSR count). The number of fused-ring (bicyclic) bond motifs is 1. The summed E-state index contributed by atoms with van der Waals surface area (Å²) < 4.78 is 26.5. The van der Waals surface area contributed by atoms with Gasteiger partial charge in [-0.2, -0.15) is 0 Å². The average Bonchev–Trinajstić information content (AvgIpc) is 3.14. The van der Waals surface area contributed by atoms with Gasteiger partial charge in [0.05, 0.1) is 18.6 Å². The largest absolute Gasteiger partial charge is 0.338 e. The summed E-state index contributed by atoms with van der Waals surface area (Å²) in [5, 5.41) is 2.87. The molecule has 0 unspecified atom stereocenters. The van der Waals surface area contributed by atoms with E-state index in [2.05, 4.69) is 15.0 Å². The molecule has 0 saturated carbocycles. The summed E-state index contributed by atoms with van der Waals surface area (Å²) in [4.78, 5) is 18.5. The van der Waals surface area contributed by atoms with Crippen molar-refractivity contribution < 1.29 is 13.2 Å². The van der Waals surface area contributed by atoms with E-state index < -0.39 is 10.0 Å². The first-order valence-corrected chi connectivity index (χ1v) is 10.4. The lowest BCUT2D eigenvalue weighted by atomic mass is 9.98. The third-order valence-corrected chi connectivity index (χ3v) is 5.05. The molecule has 0 bridgehead atoms. The number of benzene rings is 1. The predicted molar refractivity (Wildman–Crippen MR) is 99.6 cm³/mol. The van der Waals surface area contributed by atoms with Crippen molar-refractivity contribution in [3.8, 4) is 0 Å². The molecule has 1 aliphatic rings. The van der Waals surface area contributed by atoms with Gasteiger partial charge in [-0.3, -0.25) is 4.90 Å². The van der Waals surface area contributed by atoms with Crippen LogP contribution in [0.4, 0.5) is 10.5 Å². The normalized spacial score (nSPS) is 17.0. The topological polar surface area (TPSA) is 96.3 Å². The minimum atomic E-state index is -3.20. The Morgan fingerprint density at radius 2 is 2.12 bits per heavy atom. The van der Waals surface area contributed by atoms with E-state index in [0.717, 1.165) is 23.9 Å². The lowest BCUT2D eigenvalue weighted by Gasteiger charge is -2.35. The van der Waals surface area contributed by atoms with Gasteiger partial charge < -0.3 is 9.88 Å². The molecule has 0 saturated heterocycles. The molecule has 2 N–H and O–H groups in total. The van der Waals surface area contributed by atoms with Crippen LogP contribution in [0, 0.1) is 0 Å². The van der Waals surface area contributed by atoms with Gasteiger partial charge in [-0.15, -0.1) is 0 Å². The highest BCUT2D eigenvalue weighted by molar-refractivity contribution is 7.88. The third-order valence-electron chi connectivity index (χ3n) is 4.32. The van der Waals surface area contributed by atoms with E-state index in [9.17, 15) is 13.2 Å². The van der Waals surface area contributed by atoms with E-state index in [1.807, 2.05) is 35.0 Å². The maximum Gasteiger partial charge on any atom is 0.321 e. The van der Waals surface area contributed by atoms with Crippen molar-refractivity contribution in [2.24, 2.45) is 0 Å². The van der Waals surface area contributed by atoms with Gasteiger partial charge in [0.25, 0.3) is 0 Å². The molecule has 8 nitrogen and oxygen atoms in total. The highest BCUT2D eigenvalue weighted by atomic mass is 32.2. The highest BCUT2D eigenvalue weighted by Gasteiger charge is 2.28. The molecular formula is C17H23N5O3S. The van der Waals surface area contributed by atoms with E-state index in [-0.39, 0.29) is 12.1 Å². The van der Waals surface area contributed by atoms with Crippen LogP contribution in [0.1, 0.15) is 18.0 Å². The number of nitrogens with one attached hydrogen (secondary N) is 2. The lowest BCUT2D eigenvalue weighted by molar-refractivity contribution is 0.244. The number of imidazole rings is 1. The number of para-hydroxylation sites is 1. The fourth-order valence-corrected chi connectivity index (χ4v) is 3.60. The average molecular weight is 377 g/mol. The fourth-order valence-electron chi connectivity index (χ4n) is 3.09. The number of sulfonamides is 1. The monoisotopic (exact) mass is 377 g/mol. The molecule has 0 spiro atoms. The standard InChI is InChI=1S/C17H23N5O3S/c1-26(24,25)20-8-4-7-19-17(23)22-12-15(21-10-9-18-13-21)11-14-5-2-3-6-16(14)22/h2-3,5-6,9-10,13,15,20H,4,7-8,11-12H2,1H3,(H,19,23)/t15-/m1/s1. The first-order chi connectivity index (χ1) is 12.4. The van der Waals surface area contributed by atoms with Gasteiger partial charge in [0.15, 0.2) is 0 Å². The van der Waals surface area contributed by atoms with Gasteiger partial charge >= 0.3 is 6.03 Å². The number of nitrogens with zero attached hydrogens (tertiary/aromatic N) is 3. The Morgan fingerprint density at radius 3 is 2.85 bits per heavy atom. The van der Waals surface area contributed by atoms with Crippen molar-refractivity contribution >= 4 is 21.7 Å². The van der Waals surface area contributed by atoms with Crippen LogP contribution in [-0.4, -0.2) is 49.9 Å². The minimum absolute atomic E-state index is 0.130. The zero-order valence-corrected chi connectivity index (χ0v) is 15.4. The van der Waals surface area contributed by atoms with E-state index in [1.165, 1.54) is 0 Å². The molecule has 0 radical (unpaired) electrons. The van der Waals surface area contributed by atoms with Gasteiger partial charge in [0, 0.05) is 37.7 Å². The summed E-state index contributed by atoms with van der Waals surface area (Å²) in [5.41, 5.74) is 2.03. The molecule has 1 atom stereocenters. The number of hydrogen-bond donors (Lipinski definition) is 2. The molecule has 2 amide bonds. The van der Waals surface area contributed by atoms with Crippen LogP contribution < -0.4 is 14.9 Å². The molecule has 26 heavy (non-hydrogen) atoms. The Kier molecular flexibility index (Phi) is 5.58. The van der Waals surface area contributed by atoms with Gasteiger partial charge in [0.2, 0.25) is 10.0 Å². The summed E-state index contributed by atoms with van der Waals surface area (Å²) in [6.07, 6.45) is 7.90. The molecule has 1 aromatic heterocycles. The summed E-state index contributed by atoms with van der Waals surface area (Å²) in [5.74, 6) is 0. The quantitative estimate of drug-likeness (QED) is 0.738. The summed E-state index contributed by atoms with van der Waals surface area (Å²) >= 11 is 0. The number of aromatic nitrogens is 2. The second-order valence-corrected chi connectivity index (χ2v) is 8.19. The van der Waals surface area contributed by atoms with E-state index in [4.69, 9.17) is 0 Å². The Balaban J connectivity index is 1.64. The SMILES string of the molecule is CS(=O)(=O)NCCCNC(=O)N1C[C@H](n2ccnc2)Cc2ccccc21. The number of urea groups is 1. The first kappa shape index (κ1) is 18.4. The fraction of sp³-hybridized carbons (Fsp3) is 0.412. The van der Waals surface area contributed by atoms with Crippen molar-refractivity contribution in [3.05, 3.63) is 48.5 Å². The molecule has 2 heterocycles. The number of hydrogen-bond acceptors (Lipinski definition) is 4. The molecule has 1 aliphatic heterocycles. The van der Waals surface area contributed by atoms with Crippen molar-refractivity contribution in [1.29, 1.82) is 0 Å². The smallest absolute Gasteiger partial charge is 0.321 e. The maximum atomic E-state index is 12.7. The Hall–Kier alpha value is -2.39. The molecule has 0 fully saturated rings. The molecular weight excluding hydrogens is 354 g/mol. The van der Waals surface area contributed by atoms with E-state index >= 15 is 0 Å². The number of carbonyl (C=O) groups excluding carboxylic acids is 1. The van der Waals surface area contributed by atoms with Crippen LogP contribution in [0.5, 0.6) is 0 Å². The molecule has 140 valence electrons. The van der Waals surface area contributed by atoms with Crippen molar-refractivity contribution in [2.45, 2.75) is 18.9 Å². The van der Waals surface area contributed by atoms with Gasteiger partial charge in [0.1, 0.15) is 0 Å². The number of rotatable bonds is 6. The van der Waals surface area contributed by atoms with Crippen LogP contribution in [0.3, 0.4) is 0 Å². The Labute approximate surface area is 153 Å². The highest BCUT2D eigenvalue weighted by Crippen LogP contribution is 2.31. The first-order valence-electron chi connectivity index (χ1n) is 8.49. The third kappa shape index (κ3) is 4.61. The van der Waals surface area contributed by atoms with Crippen LogP contribution in [-0.2, 0) is 16.4 Å². The number of amides is 2. The molecule has 0 aliphatic carbocycles. The predicted octanol–water partition coefficient (Wildman–Crippen LogP) is 1.14. The Morgan fingerprint density at radius 1 is 1.31 bits per heavy atom. The minimum Gasteiger partial charge on any atom is -0.338 e. The summed E-state index contributed by atoms with van der Waals surface area (Å²) in [6.45, 7) is 1.25. The van der Waals surface area contributed by atoms with Gasteiger partial charge in [-0.1, -0.05) is 18.2 Å². The molecule has 9 heteroatoms. The summed E-state index contributed by atoms with van der Waals surface area (Å²) in [6, 6.07) is 7.83. The second kappa shape index (κ2) is 7.88. The number of anilines is 1. The van der Waals surface area contributed by atoms with Gasteiger partial charge in [-0.05, 0) is 24.5 Å². The van der Waals surface area contributed by atoms with Crippen molar-refractivity contribution in [2.75, 3.05) is 30.8 Å². The van der Waals surface area contributed by atoms with Crippen LogP contribution >= 0.6 is 0 Å².